The zero-order chi connectivity index (χ0) is 9.10. The van der Waals surface area contributed by atoms with Crippen LogP contribution < -0.4 is 0 Å². The van der Waals surface area contributed by atoms with Crippen molar-refractivity contribution in [1.29, 1.82) is 0 Å². The molecule has 3 nitrogen and oxygen atoms in total. The van der Waals surface area contributed by atoms with Gasteiger partial charge in [0.1, 0.15) is 6.10 Å². The predicted octanol–water partition coefficient (Wildman–Crippen LogP) is 1.14. The van der Waals surface area contributed by atoms with E-state index >= 15 is 0 Å². The molecule has 1 aliphatic rings. The van der Waals surface area contributed by atoms with Crippen molar-refractivity contribution in [3.05, 3.63) is 24.0 Å². The largest absolute Gasteiger partial charge is 0.386 e. The number of aliphatic hydroxyl groups is 1. The summed E-state index contributed by atoms with van der Waals surface area (Å²) < 4.78 is 0. The maximum absolute atomic E-state index is 9.80. The molecule has 0 aromatic carbocycles. The first-order valence-electron chi connectivity index (χ1n) is 4.90. The fourth-order valence-corrected chi connectivity index (χ4v) is 1.86. The summed E-state index contributed by atoms with van der Waals surface area (Å²) in [6.45, 7) is 3.04. The van der Waals surface area contributed by atoms with Gasteiger partial charge in [-0.05, 0) is 38.1 Å². The molecule has 1 aromatic rings. The Labute approximate surface area is 78.4 Å². The molecule has 0 bridgehead atoms. The number of nitrogens with one attached hydrogen (secondary N) is 1. The van der Waals surface area contributed by atoms with Crippen LogP contribution in [0.1, 0.15) is 24.6 Å². The second-order valence-electron chi connectivity index (χ2n) is 3.65. The third-order valence-electron chi connectivity index (χ3n) is 2.61. The van der Waals surface area contributed by atoms with Gasteiger partial charge in [0.2, 0.25) is 0 Å². The van der Waals surface area contributed by atoms with Crippen LogP contribution in [0.2, 0.25) is 0 Å². The van der Waals surface area contributed by atoms with Crippen molar-refractivity contribution in [3.8, 4) is 0 Å². The molecule has 1 saturated heterocycles. The van der Waals surface area contributed by atoms with Crippen molar-refractivity contribution in [2.45, 2.75) is 18.9 Å². The number of rotatable bonds is 3. The normalized spacial score (nSPS) is 20.7. The van der Waals surface area contributed by atoms with Gasteiger partial charge in [0.05, 0.1) is 0 Å². The van der Waals surface area contributed by atoms with Crippen molar-refractivity contribution >= 4 is 0 Å². The van der Waals surface area contributed by atoms with Gasteiger partial charge in [-0.25, -0.2) is 0 Å². The zero-order valence-electron chi connectivity index (χ0n) is 7.74. The highest BCUT2D eigenvalue weighted by Crippen LogP contribution is 2.15. The van der Waals surface area contributed by atoms with E-state index in [0.717, 1.165) is 25.3 Å². The van der Waals surface area contributed by atoms with Crippen molar-refractivity contribution in [1.82, 2.24) is 9.88 Å². The van der Waals surface area contributed by atoms with E-state index in [0.29, 0.717) is 0 Å². The summed E-state index contributed by atoms with van der Waals surface area (Å²) in [7, 11) is 0. The second kappa shape index (κ2) is 3.94. The first-order valence-corrected chi connectivity index (χ1v) is 4.90. The molecule has 3 heteroatoms. The standard InChI is InChI=1S/C10H16N2O/c13-10(9-4-3-5-11-9)8-12-6-1-2-7-12/h3-5,10-11,13H,1-2,6-8H2. The minimum absolute atomic E-state index is 0.354. The minimum atomic E-state index is -0.354. The SMILES string of the molecule is OC(CN1CCCC1)c1ccc[nH]1. The number of aromatic nitrogens is 1. The number of hydrogen-bond donors (Lipinski definition) is 2. The lowest BCUT2D eigenvalue weighted by Crippen LogP contribution is -2.25. The average Bonchev–Trinajstić information content (AvgIpc) is 2.74. The third-order valence-corrected chi connectivity index (χ3v) is 2.61. The monoisotopic (exact) mass is 180 g/mol. The number of β-amino-alcohol motifs (C(OH)–C–C–N with tert-alkyl or cyclic N) is 1. The van der Waals surface area contributed by atoms with E-state index in [9.17, 15) is 5.11 Å². The number of H-pyrrole nitrogens is 1. The zero-order valence-corrected chi connectivity index (χ0v) is 7.74. The van der Waals surface area contributed by atoms with Crippen LogP contribution in [0.3, 0.4) is 0 Å². The molecule has 0 aliphatic carbocycles. The van der Waals surface area contributed by atoms with Gasteiger partial charge in [0, 0.05) is 18.4 Å². The Morgan fingerprint density at radius 2 is 2.23 bits per heavy atom. The maximum atomic E-state index is 9.80. The highest BCUT2D eigenvalue weighted by atomic mass is 16.3. The lowest BCUT2D eigenvalue weighted by atomic mass is 10.2. The Balaban J connectivity index is 1.87. The molecule has 1 atom stereocenters. The number of nitrogens with zero attached hydrogens (tertiary/aromatic N) is 1. The number of aliphatic hydroxyl groups excluding tert-OH is 1. The van der Waals surface area contributed by atoms with E-state index in [4.69, 9.17) is 0 Å². The van der Waals surface area contributed by atoms with E-state index in [2.05, 4.69) is 9.88 Å². The molecule has 0 saturated carbocycles. The highest BCUT2D eigenvalue weighted by molar-refractivity contribution is 5.07. The van der Waals surface area contributed by atoms with Gasteiger partial charge < -0.3 is 15.0 Å². The summed E-state index contributed by atoms with van der Waals surface area (Å²) in [5, 5.41) is 9.80. The molecule has 2 rings (SSSR count). The van der Waals surface area contributed by atoms with E-state index in [-0.39, 0.29) is 6.10 Å². The molecular formula is C10H16N2O. The Morgan fingerprint density at radius 3 is 2.85 bits per heavy atom. The van der Waals surface area contributed by atoms with Crippen LogP contribution in [0.5, 0.6) is 0 Å². The molecule has 1 unspecified atom stereocenters. The van der Waals surface area contributed by atoms with Crippen molar-refractivity contribution < 1.29 is 5.11 Å². The van der Waals surface area contributed by atoms with Crippen LogP contribution in [0, 0.1) is 0 Å². The van der Waals surface area contributed by atoms with Crippen molar-refractivity contribution in [3.63, 3.8) is 0 Å². The number of hydrogen-bond acceptors (Lipinski definition) is 2. The van der Waals surface area contributed by atoms with Crippen LogP contribution in [0.25, 0.3) is 0 Å². The first kappa shape index (κ1) is 8.78. The Hall–Kier alpha value is -0.800. The lowest BCUT2D eigenvalue weighted by molar-refractivity contribution is 0.123. The molecule has 1 aromatic heterocycles. The predicted molar refractivity (Wildman–Crippen MR) is 51.4 cm³/mol. The van der Waals surface area contributed by atoms with Gasteiger partial charge >= 0.3 is 0 Å². The van der Waals surface area contributed by atoms with Gasteiger partial charge in [-0.15, -0.1) is 0 Å². The maximum Gasteiger partial charge on any atom is 0.106 e. The van der Waals surface area contributed by atoms with Crippen LogP contribution in [-0.4, -0.2) is 34.6 Å². The quantitative estimate of drug-likeness (QED) is 0.732. The molecule has 1 fully saturated rings. The molecule has 2 N–H and O–H groups in total. The minimum Gasteiger partial charge on any atom is -0.386 e. The molecule has 1 aliphatic heterocycles. The third kappa shape index (κ3) is 2.11. The first-order chi connectivity index (χ1) is 6.36. The van der Waals surface area contributed by atoms with Gasteiger partial charge in [-0.1, -0.05) is 0 Å². The summed E-state index contributed by atoms with van der Waals surface area (Å²) in [5.41, 5.74) is 0.923. The summed E-state index contributed by atoms with van der Waals surface area (Å²) in [4.78, 5) is 5.35. The smallest absolute Gasteiger partial charge is 0.106 e. The lowest BCUT2D eigenvalue weighted by Gasteiger charge is -2.18. The van der Waals surface area contributed by atoms with Crippen molar-refractivity contribution in [2.24, 2.45) is 0 Å². The summed E-state index contributed by atoms with van der Waals surface area (Å²) >= 11 is 0. The summed E-state index contributed by atoms with van der Waals surface area (Å²) in [6.07, 6.45) is 4.05. The topological polar surface area (TPSA) is 39.3 Å². The Morgan fingerprint density at radius 1 is 1.46 bits per heavy atom. The summed E-state index contributed by atoms with van der Waals surface area (Å²) in [6, 6.07) is 3.85. The van der Waals surface area contributed by atoms with Crippen LogP contribution >= 0.6 is 0 Å². The molecule has 2 heterocycles. The number of likely N-dealkylation sites (tertiary alicyclic amines) is 1. The van der Waals surface area contributed by atoms with Gasteiger partial charge in [-0.3, -0.25) is 0 Å². The van der Waals surface area contributed by atoms with Gasteiger partial charge in [0.15, 0.2) is 0 Å². The molecule has 0 amide bonds. The molecule has 0 spiro atoms. The van der Waals surface area contributed by atoms with Crippen LogP contribution in [0.4, 0.5) is 0 Å². The van der Waals surface area contributed by atoms with E-state index < -0.39 is 0 Å². The molecule has 72 valence electrons. The Kier molecular flexibility index (Phi) is 2.66. The number of aromatic amines is 1. The van der Waals surface area contributed by atoms with Gasteiger partial charge in [0.25, 0.3) is 0 Å². The van der Waals surface area contributed by atoms with E-state index in [1.54, 1.807) is 0 Å². The average molecular weight is 180 g/mol. The summed E-state index contributed by atoms with van der Waals surface area (Å²) in [5.74, 6) is 0. The molecule has 0 radical (unpaired) electrons. The second-order valence-corrected chi connectivity index (χ2v) is 3.65. The van der Waals surface area contributed by atoms with Crippen LogP contribution in [-0.2, 0) is 0 Å². The fraction of sp³-hybridized carbons (Fsp3) is 0.600. The van der Waals surface area contributed by atoms with Gasteiger partial charge in [-0.2, -0.15) is 0 Å². The van der Waals surface area contributed by atoms with Crippen LogP contribution in [0.15, 0.2) is 18.3 Å². The van der Waals surface area contributed by atoms with E-state index in [1.165, 1.54) is 12.8 Å². The van der Waals surface area contributed by atoms with Crippen molar-refractivity contribution in [2.75, 3.05) is 19.6 Å². The highest BCUT2D eigenvalue weighted by Gasteiger charge is 2.16. The fourth-order valence-electron chi connectivity index (χ4n) is 1.86. The van der Waals surface area contributed by atoms with E-state index in [1.807, 2.05) is 18.3 Å². The Bertz CT molecular complexity index is 239. The molecular weight excluding hydrogens is 164 g/mol. The molecule has 13 heavy (non-hydrogen) atoms.